The van der Waals surface area contributed by atoms with Gasteiger partial charge in [0.2, 0.25) is 0 Å². The standard InChI is InChI=1S/C16H23N3/c1-12-4-5-16(13(2)10-12)19-14(3)7-9-18-11-15(19)6-8-17/h4-5,10,14-15,18H,6-7,9,11H2,1-3H3. The maximum Gasteiger partial charge on any atom is 0.0643 e. The van der Waals surface area contributed by atoms with Crippen LogP contribution in [0.2, 0.25) is 0 Å². The van der Waals surface area contributed by atoms with Crippen molar-refractivity contribution in [1.29, 1.82) is 5.26 Å². The molecule has 0 aromatic heterocycles. The zero-order valence-electron chi connectivity index (χ0n) is 12.1. The number of rotatable bonds is 2. The third-order valence-corrected chi connectivity index (χ3v) is 3.94. The first kappa shape index (κ1) is 13.9. The zero-order chi connectivity index (χ0) is 13.8. The lowest BCUT2D eigenvalue weighted by atomic mass is 10.0. The summed E-state index contributed by atoms with van der Waals surface area (Å²) in [5.74, 6) is 0. The third-order valence-electron chi connectivity index (χ3n) is 3.94. The van der Waals surface area contributed by atoms with Crippen LogP contribution < -0.4 is 10.2 Å². The summed E-state index contributed by atoms with van der Waals surface area (Å²) in [5.41, 5.74) is 3.87. The predicted octanol–water partition coefficient (Wildman–Crippen LogP) is 2.77. The molecule has 2 unspecified atom stereocenters. The van der Waals surface area contributed by atoms with Gasteiger partial charge in [-0.25, -0.2) is 0 Å². The molecule has 0 aliphatic carbocycles. The fourth-order valence-corrected chi connectivity index (χ4v) is 2.98. The Hall–Kier alpha value is -1.53. The minimum atomic E-state index is 0.268. The monoisotopic (exact) mass is 257 g/mol. The molecule has 1 heterocycles. The van der Waals surface area contributed by atoms with Crippen molar-refractivity contribution in [2.75, 3.05) is 18.0 Å². The second-order valence-electron chi connectivity index (χ2n) is 5.56. The van der Waals surface area contributed by atoms with E-state index in [0.717, 1.165) is 19.5 Å². The Balaban J connectivity index is 2.37. The third kappa shape index (κ3) is 3.08. The molecule has 2 rings (SSSR count). The Labute approximate surface area is 116 Å². The molecule has 3 nitrogen and oxygen atoms in total. The van der Waals surface area contributed by atoms with Gasteiger partial charge in [0.1, 0.15) is 0 Å². The van der Waals surface area contributed by atoms with Gasteiger partial charge in [-0.2, -0.15) is 5.26 Å². The highest BCUT2D eigenvalue weighted by atomic mass is 15.2. The van der Waals surface area contributed by atoms with E-state index in [-0.39, 0.29) is 6.04 Å². The van der Waals surface area contributed by atoms with Gasteiger partial charge >= 0.3 is 0 Å². The predicted molar refractivity (Wildman–Crippen MR) is 79.4 cm³/mol. The van der Waals surface area contributed by atoms with Gasteiger partial charge in [0.05, 0.1) is 18.5 Å². The van der Waals surface area contributed by atoms with Gasteiger partial charge < -0.3 is 10.2 Å². The van der Waals surface area contributed by atoms with Crippen molar-refractivity contribution in [3.8, 4) is 6.07 Å². The lowest BCUT2D eigenvalue weighted by Crippen LogP contribution is -2.44. The quantitative estimate of drug-likeness (QED) is 0.885. The molecule has 2 atom stereocenters. The largest absolute Gasteiger partial charge is 0.363 e. The molecule has 1 aromatic rings. The number of anilines is 1. The van der Waals surface area contributed by atoms with Crippen LogP contribution in [0.15, 0.2) is 18.2 Å². The molecular weight excluding hydrogens is 234 g/mol. The van der Waals surface area contributed by atoms with Crippen molar-refractivity contribution in [3.63, 3.8) is 0 Å². The average molecular weight is 257 g/mol. The Morgan fingerprint density at radius 2 is 2.21 bits per heavy atom. The first-order valence-electron chi connectivity index (χ1n) is 7.06. The van der Waals surface area contributed by atoms with E-state index in [0.29, 0.717) is 12.5 Å². The topological polar surface area (TPSA) is 39.1 Å². The van der Waals surface area contributed by atoms with Gasteiger partial charge in [-0.15, -0.1) is 0 Å². The van der Waals surface area contributed by atoms with Crippen LogP contribution in [-0.4, -0.2) is 25.2 Å². The average Bonchev–Trinajstić information content (AvgIpc) is 2.53. The second-order valence-corrected chi connectivity index (χ2v) is 5.56. The minimum Gasteiger partial charge on any atom is -0.363 e. The summed E-state index contributed by atoms with van der Waals surface area (Å²) < 4.78 is 0. The van der Waals surface area contributed by atoms with E-state index in [4.69, 9.17) is 5.26 Å². The van der Waals surface area contributed by atoms with Gasteiger partial charge in [-0.1, -0.05) is 17.7 Å². The fraction of sp³-hybridized carbons (Fsp3) is 0.562. The lowest BCUT2D eigenvalue weighted by molar-refractivity contribution is 0.550. The Morgan fingerprint density at radius 1 is 1.42 bits per heavy atom. The highest BCUT2D eigenvalue weighted by Crippen LogP contribution is 2.28. The smallest absolute Gasteiger partial charge is 0.0643 e. The van der Waals surface area contributed by atoms with Gasteiger partial charge in [-0.05, 0) is 45.4 Å². The van der Waals surface area contributed by atoms with Crippen LogP contribution in [0.5, 0.6) is 0 Å². The zero-order valence-corrected chi connectivity index (χ0v) is 12.1. The Kier molecular flexibility index (Phi) is 4.44. The number of aryl methyl sites for hydroxylation is 2. The fourth-order valence-electron chi connectivity index (χ4n) is 2.98. The Bertz CT molecular complexity index is 475. The maximum absolute atomic E-state index is 9.07. The van der Waals surface area contributed by atoms with Crippen molar-refractivity contribution in [3.05, 3.63) is 29.3 Å². The number of nitriles is 1. The van der Waals surface area contributed by atoms with Crippen LogP contribution in [0.4, 0.5) is 5.69 Å². The molecule has 3 heteroatoms. The van der Waals surface area contributed by atoms with Crippen molar-refractivity contribution >= 4 is 5.69 Å². The first-order valence-corrected chi connectivity index (χ1v) is 7.06. The van der Waals surface area contributed by atoms with Gasteiger partial charge in [-0.3, -0.25) is 0 Å². The summed E-state index contributed by atoms with van der Waals surface area (Å²) in [6.07, 6.45) is 1.69. The molecule has 0 radical (unpaired) electrons. The van der Waals surface area contributed by atoms with E-state index in [1.54, 1.807) is 0 Å². The maximum atomic E-state index is 9.07. The molecule has 102 valence electrons. The van der Waals surface area contributed by atoms with Gasteiger partial charge in [0.15, 0.2) is 0 Å². The van der Waals surface area contributed by atoms with Crippen LogP contribution in [-0.2, 0) is 0 Å². The number of benzene rings is 1. The molecule has 1 aliphatic rings. The van der Waals surface area contributed by atoms with Crippen molar-refractivity contribution in [2.45, 2.75) is 45.7 Å². The van der Waals surface area contributed by atoms with E-state index in [9.17, 15) is 0 Å². The molecule has 1 aromatic carbocycles. The molecule has 0 spiro atoms. The molecule has 0 amide bonds. The summed E-state index contributed by atoms with van der Waals surface area (Å²) in [7, 11) is 0. The van der Waals surface area contributed by atoms with E-state index in [1.807, 2.05) is 0 Å². The normalized spacial score (nSPS) is 23.8. The molecule has 1 saturated heterocycles. The van der Waals surface area contributed by atoms with Crippen LogP contribution in [0.25, 0.3) is 0 Å². The second kappa shape index (κ2) is 6.08. The summed E-state index contributed by atoms with van der Waals surface area (Å²) in [6.45, 7) is 8.47. The van der Waals surface area contributed by atoms with Crippen molar-refractivity contribution in [1.82, 2.24) is 5.32 Å². The number of hydrogen-bond donors (Lipinski definition) is 1. The summed E-state index contributed by atoms with van der Waals surface area (Å²) in [5, 5.41) is 12.5. The molecular formula is C16H23N3. The van der Waals surface area contributed by atoms with Crippen LogP contribution in [0, 0.1) is 25.2 Å². The van der Waals surface area contributed by atoms with Crippen LogP contribution >= 0.6 is 0 Å². The van der Waals surface area contributed by atoms with E-state index >= 15 is 0 Å². The number of nitrogens with one attached hydrogen (secondary N) is 1. The molecule has 19 heavy (non-hydrogen) atoms. The van der Waals surface area contributed by atoms with E-state index in [1.165, 1.54) is 16.8 Å². The molecule has 1 N–H and O–H groups in total. The molecule has 0 saturated carbocycles. The van der Waals surface area contributed by atoms with Crippen molar-refractivity contribution < 1.29 is 0 Å². The lowest BCUT2D eigenvalue weighted by Gasteiger charge is -2.36. The summed E-state index contributed by atoms with van der Waals surface area (Å²) >= 11 is 0. The number of hydrogen-bond acceptors (Lipinski definition) is 3. The first-order chi connectivity index (χ1) is 9.13. The summed E-state index contributed by atoms with van der Waals surface area (Å²) in [4.78, 5) is 2.44. The van der Waals surface area contributed by atoms with Gasteiger partial charge in [0, 0.05) is 18.3 Å². The number of nitrogens with zero attached hydrogens (tertiary/aromatic N) is 2. The molecule has 0 bridgehead atoms. The van der Waals surface area contributed by atoms with Gasteiger partial charge in [0.25, 0.3) is 0 Å². The van der Waals surface area contributed by atoms with Crippen molar-refractivity contribution in [2.24, 2.45) is 0 Å². The van der Waals surface area contributed by atoms with E-state index in [2.05, 4.69) is 55.3 Å². The van der Waals surface area contributed by atoms with Crippen LogP contribution in [0.3, 0.4) is 0 Å². The van der Waals surface area contributed by atoms with Crippen LogP contribution in [0.1, 0.15) is 30.9 Å². The highest BCUT2D eigenvalue weighted by molar-refractivity contribution is 5.56. The molecule has 1 fully saturated rings. The SMILES string of the molecule is Cc1ccc(N2C(C)CCNCC2CC#N)c(C)c1. The minimum absolute atomic E-state index is 0.268. The molecule has 1 aliphatic heterocycles. The summed E-state index contributed by atoms with van der Waals surface area (Å²) in [6, 6.07) is 9.66. The highest BCUT2D eigenvalue weighted by Gasteiger charge is 2.27. The Morgan fingerprint density at radius 3 is 2.89 bits per heavy atom. The van der Waals surface area contributed by atoms with E-state index < -0.39 is 0 Å².